The number of benzene rings is 2. The van der Waals surface area contributed by atoms with Crippen LogP contribution in [-0.2, 0) is 23.0 Å². The number of nitrogens with one attached hydrogen (secondary N) is 1. The fourth-order valence-electron chi connectivity index (χ4n) is 3.05. The first-order chi connectivity index (χ1) is 12.9. The van der Waals surface area contributed by atoms with Crippen molar-refractivity contribution in [3.63, 3.8) is 0 Å². The highest BCUT2D eigenvalue weighted by atomic mass is 32.2. The van der Waals surface area contributed by atoms with Crippen LogP contribution in [0, 0.1) is 13.8 Å². The van der Waals surface area contributed by atoms with E-state index in [0.29, 0.717) is 18.8 Å². The first-order valence-corrected chi connectivity index (χ1v) is 10.4. The van der Waals surface area contributed by atoms with Gasteiger partial charge in [-0.05, 0) is 44.9 Å². The van der Waals surface area contributed by atoms with Crippen LogP contribution in [0.3, 0.4) is 0 Å². The quantitative estimate of drug-likeness (QED) is 0.679. The largest absolute Gasteiger partial charge is 0.314 e. The van der Waals surface area contributed by atoms with Gasteiger partial charge in [-0.3, -0.25) is 0 Å². The molecule has 0 saturated carbocycles. The molecule has 0 radical (unpaired) electrons. The number of aromatic nitrogens is 3. The second-order valence-corrected chi connectivity index (χ2v) is 8.24. The normalized spacial score (nSPS) is 12.9. The lowest BCUT2D eigenvalue weighted by Gasteiger charge is -2.19. The lowest BCUT2D eigenvalue weighted by atomic mass is 10.1. The first kappa shape index (κ1) is 19.3. The van der Waals surface area contributed by atoms with Gasteiger partial charge in [0.2, 0.25) is 10.0 Å². The van der Waals surface area contributed by atoms with Crippen LogP contribution in [0.2, 0.25) is 0 Å². The molecule has 0 saturated heterocycles. The van der Waals surface area contributed by atoms with E-state index in [1.165, 1.54) is 0 Å². The Morgan fingerprint density at radius 3 is 2.30 bits per heavy atom. The Hall–Kier alpha value is -2.51. The Morgan fingerprint density at radius 1 is 1.00 bits per heavy atom. The van der Waals surface area contributed by atoms with Gasteiger partial charge >= 0.3 is 0 Å². The zero-order valence-electron chi connectivity index (χ0n) is 15.8. The average Bonchev–Trinajstić information content (AvgIpc) is 3.03. The highest BCUT2D eigenvalue weighted by Crippen LogP contribution is 2.21. The van der Waals surface area contributed by atoms with E-state index in [0.717, 1.165) is 17.0 Å². The Balaban J connectivity index is 1.97. The van der Waals surface area contributed by atoms with E-state index in [-0.39, 0.29) is 4.90 Å². The molecule has 2 aromatic carbocycles. The van der Waals surface area contributed by atoms with Gasteiger partial charge in [0.15, 0.2) is 5.82 Å². The van der Waals surface area contributed by atoms with Gasteiger partial charge < -0.3 is 4.57 Å². The summed E-state index contributed by atoms with van der Waals surface area (Å²) >= 11 is 0. The van der Waals surface area contributed by atoms with Crippen molar-refractivity contribution in [1.29, 1.82) is 0 Å². The molecule has 3 aromatic rings. The molecule has 1 unspecified atom stereocenters. The van der Waals surface area contributed by atoms with Crippen molar-refractivity contribution in [3.8, 4) is 0 Å². The predicted octanol–water partition coefficient (Wildman–Crippen LogP) is 3.18. The van der Waals surface area contributed by atoms with Gasteiger partial charge in [0.05, 0.1) is 10.9 Å². The van der Waals surface area contributed by atoms with Crippen LogP contribution >= 0.6 is 0 Å². The van der Waals surface area contributed by atoms with Crippen molar-refractivity contribution in [2.24, 2.45) is 0 Å². The van der Waals surface area contributed by atoms with Gasteiger partial charge in [-0.2, -0.15) is 0 Å². The van der Waals surface area contributed by atoms with E-state index >= 15 is 0 Å². The molecule has 0 aliphatic carbocycles. The molecule has 142 valence electrons. The van der Waals surface area contributed by atoms with Gasteiger partial charge in [-0.25, -0.2) is 13.1 Å². The monoisotopic (exact) mass is 384 g/mol. The van der Waals surface area contributed by atoms with Crippen LogP contribution in [0.15, 0.2) is 59.5 Å². The Morgan fingerprint density at radius 2 is 1.67 bits per heavy atom. The van der Waals surface area contributed by atoms with Crippen molar-refractivity contribution < 1.29 is 8.42 Å². The SMILES string of the molecule is CCn1c(C)nnc1C(Cc1ccccc1)NS(=O)(=O)c1ccc(C)cc1. The molecule has 27 heavy (non-hydrogen) atoms. The van der Waals surface area contributed by atoms with Crippen LogP contribution in [0.5, 0.6) is 0 Å². The van der Waals surface area contributed by atoms with Crippen molar-refractivity contribution in [3.05, 3.63) is 77.4 Å². The molecule has 0 amide bonds. The molecule has 6 nitrogen and oxygen atoms in total. The van der Waals surface area contributed by atoms with E-state index in [4.69, 9.17) is 0 Å². The number of sulfonamides is 1. The summed E-state index contributed by atoms with van der Waals surface area (Å²) in [5, 5.41) is 8.40. The van der Waals surface area contributed by atoms with Crippen molar-refractivity contribution in [1.82, 2.24) is 19.5 Å². The van der Waals surface area contributed by atoms with E-state index in [1.54, 1.807) is 24.3 Å². The van der Waals surface area contributed by atoms with E-state index < -0.39 is 16.1 Å². The molecule has 0 fully saturated rings. The summed E-state index contributed by atoms with van der Waals surface area (Å²) in [5.74, 6) is 1.38. The fraction of sp³-hybridized carbons (Fsp3) is 0.300. The molecule has 0 aliphatic heterocycles. The average molecular weight is 385 g/mol. The summed E-state index contributed by atoms with van der Waals surface area (Å²) in [6.07, 6.45) is 0.490. The van der Waals surface area contributed by atoms with E-state index in [2.05, 4.69) is 14.9 Å². The van der Waals surface area contributed by atoms with Gasteiger partial charge in [-0.15, -0.1) is 10.2 Å². The van der Waals surface area contributed by atoms with Crippen molar-refractivity contribution in [2.75, 3.05) is 0 Å². The van der Waals surface area contributed by atoms with Gasteiger partial charge in [0.25, 0.3) is 0 Å². The van der Waals surface area contributed by atoms with E-state index in [9.17, 15) is 8.42 Å². The van der Waals surface area contributed by atoms with Crippen LogP contribution < -0.4 is 4.72 Å². The lowest BCUT2D eigenvalue weighted by Crippen LogP contribution is -2.32. The minimum atomic E-state index is -3.69. The van der Waals surface area contributed by atoms with Gasteiger partial charge in [0.1, 0.15) is 5.82 Å². The summed E-state index contributed by atoms with van der Waals surface area (Å²) in [6, 6.07) is 16.1. The summed E-state index contributed by atoms with van der Waals surface area (Å²) in [6.45, 7) is 6.46. The zero-order valence-corrected chi connectivity index (χ0v) is 16.6. The number of hydrogen-bond donors (Lipinski definition) is 1. The minimum Gasteiger partial charge on any atom is -0.314 e. The molecule has 1 N–H and O–H groups in total. The molecule has 3 rings (SSSR count). The second kappa shape index (κ2) is 8.02. The highest BCUT2D eigenvalue weighted by Gasteiger charge is 2.26. The first-order valence-electron chi connectivity index (χ1n) is 8.93. The number of rotatable bonds is 7. The van der Waals surface area contributed by atoms with Crippen LogP contribution in [0.25, 0.3) is 0 Å². The second-order valence-electron chi connectivity index (χ2n) is 6.53. The van der Waals surface area contributed by atoms with Crippen LogP contribution in [0.1, 0.15) is 35.7 Å². The third kappa shape index (κ3) is 4.43. The third-order valence-electron chi connectivity index (χ3n) is 4.50. The predicted molar refractivity (Wildman–Crippen MR) is 105 cm³/mol. The van der Waals surface area contributed by atoms with E-state index in [1.807, 2.05) is 55.7 Å². The fourth-order valence-corrected chi connectivity index (χ4v) is 4.25. The Bertz CT molecular complexity index is 996. The molecule has 1 aromatic heterocycles. The standard InChI is InChI=1S/C20H24N4O2S/c1-4-24-16(3)21-22-20(24)19(14-17-8-6-5-7-9-17)23-27(25,26)18-12-10-15(2)11-13-18/h5-13,19,23H,4,14H2,1-3H3. The summed E-state index contributed by atoms with van der Waals surface area (Å²) in [7, 11) is -3.69. The molecule has 0 aliphatic rings. The maximum absolute atomic E-state index is 13.0. The van der Waals surface area contributed by atoms with Gasteiger partial charge in [0, 0.05) is 6.54 Å². The number of hydrogen-bond acceptors (Lipinski definition) is 4. The summed E-state index contributed by atoms with van der Waals surface area (Å²) in [5.41, 5.74) is 2.04. The number of nitrogens with zero attached hydrogens (tertiary/aromatic N) is 3. The van der Waals surface area contributed by atoms with Crippen molar-refractivity contribution in [2.45, 2.75) is 44.7 Å². The minimum absolute atomic E-state index is 0.241. The summed E-state index contributed by atoms with van der Waals surface area (Å²) < 4.78 is 30.7. The smallest absolute Gasteiger partial charge is 0.241 e. The van der Waals surface area contributed by atoms with Gasteiger partial charge in [-0.1, -0.05) is 48.0 Å². The number of aryl methyl sites for hydroxylation is 2. The Labute approximate surface area is 160 Å². The van der Waals surface area contributed by atoms with Crippen molar-refractivity contribution >= 4 is 10.0 Å². The zero-order chi connectivity index (χ0) is 19.4. The molecular formula is C20H24N4O2S. The lowest BCUT2D eigenvalue weighted by molar-refractivity contribution is 0.523. The highest BCUT2D eigenvalue weighted by molar-refractivity contribution is 7.89. The van der Waals surface area contributed by atoms with Crippen LogP contribution in [0.4, 0.5) is 0 Å². The maximum atomic E-state index is 13.0. The topological polar surface area (TPSA) is 76.9 Å². The molecule has 7 heteroatoms. The third-order valence-corrected chi connectivity index (χ3v) is 5.99. The molecule has 1 heterocycles. The summed E-state index contributed by atoms with van der Waals surface area (Å²) in [4.78, 5) is 0.241. The molecule has 0 bridgehead atoms. The van der Waals surface area contributed by atoms with Crippen LogP contribution in [-0.4, -0.2) is 23.2 Å². The maximum Gasteiger partial charge on any atom is 0.241 e. The Kier molecular flexibility index (Phi) is 5.72. The molecule has 0 spiro atoms. The molecular weight excluding hydrogens is 360 g/mol. The molecule has 1 atom stereocenters.